The van der Waals surface area contributed by atoms with Gasteiger partial charge in [0, 0.05) is 5.92 Å². The first-order chi connectivity index (χ1) is 8.52. The molecule has 0 heterocycles. The third kappa shape index (κ3) is 1.75. The molecule has 0 radical (unpaired) electrons. The molecule has 1 spiro atoms. The van der Waals surface area contributed by atoms with Crippen molar-refractivity contribution in [2.24, 2.45) is 11.3 Å². The predicted molar refractivity (Wildman–Crippen MR) is 61.8 cm³/mol. The Kier molecular flexibility index (Phi) is 2.20. The topological polar surface area (TPSA) is 66.4 Å². The zero-order chi connectivity index (χ0) is 12.9. The molecule has 94 valence electrons. The van der Waals surface area contributed by atoms with Crippen molar-refractivity contribution in [2.75, 3.05) is 5.32 Å². The van der Waals surface area contributed by atoms with Gasteiger partial charge in [-0.1, -0.05) is 0 Å². The molecule has 1 atom stereocenters. The number of carboxylic acids is 1. The summed E-state index contributed by atoms with van der Waals surface area (Å²) in [5.41, 5.74) is 0.143. The minimum absolute atomic E-state index is 0.0102. The number of anilines is 1. The van der Waals surface area contributed by atoms with Crippen LogP contribution in [0.4, 0.5) is 10.1 Å². The molecule has 0 saturated heterocycles. The Balaban J connectivity index is 1.72. The van der Waals surface area contributed by atoms with Crippen LogP contribution in [0, 0.1) is 17.2 Å². The lowest BCUT2D eigenvalue weighted by Gasteiger charge is -2.06. The van der Waals surface area contributed by atoms with Crippen LogP contribution in [0.1, 0.15) is 29.6 Å². The SMILES string of the molecule is O=C(O)c1ccc(NC(=O)C2CC23CC3)c(F)c1. The Morgan fingerprint density at radius 1 is 1.39 bits per heavy atom. The molecule has 1 unspecified atom stereocenters. The molecule has 0 aliphatic heterocycles. The number of amides is 1. The van der Waals surface area contributed by atoms with Gasteiger partial charge in [0.25, 0.3) is 0 Å². The van der Waals surface area contributed by atoms with E-state index in [0.717, 1.165) is 25.3 Å². The summed E-state index contributed by atoms with van der Waals surface area (Å²) in [6.45, 7) is 0. The van der Waals surface area contributed by atoms with Gasteiger partial charge in [0.05, 0.1) is 11.3 Å². The molecule has 0 bridgehead atoms. The second kappa shape index (κ2) is 3.54. The average molecular weight is 249 g/mol. The van der Waals surface area contributed by atoms with Crippen LogP contribution in [-0.2, 0) is 4.79 Å². The van der Waals surface area contributed by atoms with Crippen LogP contribution in [0.15, 0.2) is 18.2 Å². The van der Waals surface area contributed by atoms with Crippen molar-refractivity contribution < 1.29 is 19.1 Å². The van der Waals surface area contributed by atoms with Crippen molar-refractivity contribution >= 4 is 17.6 Å². The molecular formula is C13H12FNO3. The Labute approximate surface area is 103 Å². The number of hydrogen-bond acceptors (Lipinski definition) is 2. The zero-order valence-corrected chi connectivity index (χ0v) is 9.57. The molecule has 1 aromatic carbocycles. The van der Waals surface area contributed by atoms with Gasteiger partial charge < -0.3 is 10.4 Å². The van der Waals surface area contributed by atoms with E-state index in [1.807, 2.05) is 0 Å². The molecule has 5 heteroatoms. The van der Waals surface area contributed by atoms with Crippen LogP contribution in [0.25, 0.3) is 0 Å². The van der Waals surface area contributed by atoms with E-state index in [-0.39, 0.29) is 28.5 Å². The fourth-order valence-corrected chi connectivity index (χ4v) is 2.40. The third-order valence-electron chi connectivity index (χ3n) is 3.87. The summed E-state index contributed by atoms with van der Waals surface area (Å²) in [4.78, 5) is 22.5. The maximum atomic E-state index is 13.6. The molecule has 2 aliphatic rings. The number of hydrogen-bond donors (Lipinski definition) is 2. The summed E-state index contributed by atoms with van der Waals surface area (Å²) >= 11 is 0. The Bertz CT molecular complexity index is 551. The lowest BCUT2D eigenvalue weighted by molar-refractivity contribution is -0.117. The van der Waals surface area contributed by atoms with E-state index < -0.39 is 11.8 Å². The summed E-state index contributed by atoms with van der Waals surface area (Å²) in [5, 5.41) is 11.2. The summed E-state index contributed by atoms with van der Waals surface area (Å²) < 4.78 is 13.6. The maximum Gasteiger partial charge on any atom is 0.335 e. The van der Waals surface area contributed by atoms with Crippen LogP contribution in [0.2, 0.25) is 0 Å². The van der Waals surface area contributed by atoms with Gasteiger partial charge in [0.1, 0.15) is 5.82 Å². The van der Waals surface area contributed by atoms with Gasteiger partial charge in [-0.15, -0.1) is 0 Å². The minimum Gasteiger partial charge on any atom is -0.478 e. The first kappa shape index (κ1) is 11.2. The molecule has 2 fully saturated rings. The normalized spacial score (nSPS) is 22.6. The van der Waals surface area contributed by atoms with Crippen molar-refractivity contribution in [3.8, 4) is 0 Å². The van der Waals surface area contributed by atoms with Crippen molar-refractivity contribution in [3.05, 3.63) is 29.6 Å². The van der Waals surface area contributed by atoms with Gasteiger partial charge in [0.15, 0.2) is 0 Å². The Morgan fingerprint density at radius 2 is 2.11 bits per heavy atom. The second-order valence-electron chi connectivity index (χ2n) is 5.11. The van der Waals surface area contributed by atoms with Crippen molar-refractivity contribution in [2.45, 2.75) is 19.3 Å². The number of benzene rings is 1. The van der Waals surface area contributed by atoms with Crippen LogP contribution in [0.5, 0.6) is 0 Å². The fraction of sp³-hybridized carbons (Fsp3) is 0.385. The zero-order valence-electron chi connectivity index (χ0n) is 9.57. The Hall–Kier alpha value is -1.91. The fourth-order valence-electron chi connectivity index (χ4n) is 2.40. The average Bonchev–Trinajstić information content (AvgIpc) is 3.22. The maximum absolute atomic E-state index is 13.6. The number of nitrogens with one attached hydrogen (secondary N) is 1. The lowest BCUT2D eigenvalue weighted by Crippen LogP contribution is -2.16. The van der Waals surface area contributed by atoms with Crippen molar-refractivity contribution in [3.63, 3.8) is 0 Å². The highest BCUT2D eigenvalue weighted by Crippen LogP contribution is 2.70. The number of carbonyl (C=O) groups is 2. The third-order valence-corrected chi connectivity index (χ3v) is 3.87. The van der Waals surface area contributed by atoms with Gasteiger partial charge in [-0.2, -0.15) is 0 Å². The highest BCUT2D eigenvalue weighted by Gasteiger charge is 2.65. The van der Waals surface area contributed by atoms with E-state index in [2.05, 4.69) is 5.32 Å². The highest BCUT2D eigenvalue weighted by molar-refractivity contribution is 5.96. The van der Waals surface area contributed by atoms with Gasteiger partial charge in [0.2, 0.25) is 5.91 Å². The summed E-state index contributed by atoms with van der Waals surface area (Å²) in [5.74, 6) is -2.05. The summed E-state index contributed by atoms with van der Waals surface area (Å²) in [6, 6.07) is 3.48. The van der Waals surface area contributed by atoms with Gasteiger partial charge in [-0.05, 0) is 42.9 Å². The standard InChI is InChI=1S/C13H12FNO3/c14-9-5-7(12(17)18)1-2-10(9)15-11(16)8-6-13(8)3-4-13/h1-2,5,8H,3-4,6H2,(H,15,16)(H,17,18). The first-order valence-corrected chi connectivity index (χ1v) is 5.86. The molecule has 18 heavy (non-hydrogen) atoms. The van der Waals surface area contributed by atoms with E-state index >= 15 is 0 Å². The summed E-state index contributed by atoms with van der Waals surface area (Å²) in [6.07, 6.45) is 3.07. The lowest BCUT2D eigenvalue weighted by atomic mass is 10.2. The second-order valence-corrected chi connectivity index (χ2v) is 5.11. The number of carboxylic acid groups (broad SMARTS) is 1. The number of rotatable bonds is 3. The molecule has 2 N–H and O–H groups in total. The minimum atomic E-state index is -1.19. The van der Waals surface area contributed by atoms with Crippen molar-refractivity contribution in [1.82, 2.24) is 0 Å². The largest absolute Gasteiger partial charge is 0.478 e. The smallest absolute Gasteiger partial charge is 0.335 e. The molecule has 1 aromatic rings. The number of halogens is 1. The Morgan fingerprint density at radius 3 is 2.61 bits per heavy atom. The monoisotopic (exact) mass is 249 g/mol. The quantitative estimate of drug-likeness (QED) is 0.863. The van der Waals surface area contributed by atoms with E-state index in [1.54, 1.807) is 0 Å². The molecule has 4 nitrogen and oxygen atoms in total. The highest BCUT2D eigenvalue weighted by atomic mass is 19.1. The van der Waals surface area contributed by atoms with Crippen LogP contribution < -0.4 is 5.32 Å². The van der Waals surface area contributed by atoms with Crippen molar-refractivity contribution in [1.29, 1.82) is 0 Å². The first-order valence-electron chi connectivity index (χ1n) is 5.86. The molecular weight excluding hydrogens is 237 g/mol. The van der Waals surface area contributed by atoms with E-state index in [0.29, 0.717) is 0 Å². The van der Waals surface area contributed by atoms with E-state index in [1.165, 1.54) is 12.1 Å². The van der Waals surface area contributed by atoms with Gasteiger partial charge >= 0.3 is 5.97 Å². The molecule has 0 aromatic heterocycles. The molecule has 1 amide bonds. The van der Waals surface area contributed by atoms with Crippen LogP contribution in [-0.4, -0.2) is 17.0 Å². The molecule has 3 rings (SSSR count). The predicted octanol–water partition coefficient (Wildman–Crippen LogP) is 2.26. The van der Waals surface area contributed by atoms with E-state index in [4.69, 9.17) is 5.11 Å². The van der Waals surface area contributed by atoms with Crippen LogP contribution >= 0.6 is 0 Å². The molecule has 2 aliphatic carbocycles. The number of carbonyl (C=O) groups excluding carboxylic acids is 1. The summed E-state index contributed by atoms with van der Waals surface area (Å²) in [7, 11) is 0. The number of aromatic carboxylic acids is 1. The van der Waals surface area contributed by atoms with Gasteiger partial charge in [-0.3, -0.25) is 4.79 Å². The van der Waals surface area contributed by atoms with Gasteiger partial charge in [-0.25, -0.2) is 9.18 Å². The van der Waals surface area contributed by atoms with E-state index in [9.17, 15) is 14.0 Å². The van der Waals surface area contributed by atoms with Crippen LogP contribution in [0.3, 0.4) is 0 Å². The molecule has 2 saturated carbocycles.